The third-order valence-corrected chi connectivity index (χ3v) is 5.42. The van der Waals surface area contributed by atoms with Gasteiger partial charge >= 0.3 is 5.97 Å². The summed E-state index contributed by atoms with van der Waals surface area (Å²) < 4.78 is 5.46. The monoisotopic (exact) mass is 337 g/mol. The highest BCUT2D eigenvalue weighted by atomic mass is 16.5. The van der Waals surface area contributed by atoms with Crippen LogP contribution < -0.4 is 10.5 Å². The van der Waals surface area contributed by atoms with Gasteiger partial charge in [-0.25, -0.2) is 0 Å². The molecule has 0 radical (unpaired) electrons. The lowest BCUT2D eigenvalue weighted by Gasteiger charge is -2.22. The van der Waals surface area contributed by atoms with Gasteiger partial charge in [-0.05, 0) is 16.8 Å². The van der Waals surface area contributed by atoms with E-state index in [-0.39, 0.29) is 5.78 Å². The fraction of sp³-hybridized carbons (Fsp3) is 0.350. The van der Waals surface area contributed by atoms with Crippen molar-refractivity contribution >= 4 is 28.4 Å². The third kappa shape index (κ3) is 1.86. The molecule has 128 valence electrons. The smallest absolute Gasteiger partial charge is 0.328 e. The first-order valence-corrected chi connectivity index (χ1v) is 8.29. The molecule has 2 aromatic carbocycles. The first kappa shape index (κ1) is 15.8. The standard InChI is InChI=1S/C20H19NO4/c1-19(2,3)16(22)15-14-13-11-7-5-4-6-10(11)8-9-12(13)25-18(24)20(14,15)17(21)23/h4-9,14-15H,1-3H3,(H2,21,23). The highest BCUT2D eigenvalue weighted by Gasteiger charge is 2.80. The molecule has 5 heteroatoms. The predicted octanol–water partition coefficient (Wildman–Crippen LogP) is 2.56. The number of amides is 1. The molecule has 1 fully saturated rings. The number of hydrogen-bond donors (Lipinski definition) is 1. The second-order valence-corrected chi connectivity index (χ2v) is 7.89. The molecule has 0 spiro atoms. The predicted molar refractivity (Wildman–Crippen MR) is 91.9 cm³/mol. The van der Waals surface area contributed by atoms with Gasteiger partial charge in [0, 0.05) is 16.9 Å². The zero-order valence-electron chi connectivity index (χ0n) is 14.3. The maximum absolute atomic E-state index is 13.0. The van der Waals surface area contributed by atoms with Crippen LogP contribution in [0, 0.1) is 16.7 Å². The van der Waals surface area contributed by atoms with Gasteiger partial charge in [0.25, 0.3) is 0 Å². The van der Waals surface area contributed by atoms with E-state index in [1.807, 2.05) is 30.3 Å². The Kier molecular flexibility index (Phi) is 2.96. The van der Waals surface area contributed by atoms with E-state index < -0.39 is 34.5 Å². The Hall–Kier alpha value is -2.69. The summed E-state index contributed by atoms with van der Waals surface area (Å²) in [6, 6.07) is 11.2. The molecule has 2 N–H and O–H groups in total. The second kappa shape index (κ2) is 4.69. The fourth-order valence-electron chi connectivity index (χ4n) is 4.14. The molecule has 0 aromatic heterocycles. The third-order valence-electron chi connectivity index (χ3n) is 5.42. The molecular formula is C20H19NO4. The van der Waals surface area contributed by atoms with Crippen LogP contribution in [-0.2, 0) is 14.4 Å². The number of carbonyl (C=O) groups is 3. The zero-order valence-corrected chi connectivity index (χ0v) is 14.3. The Morgan fingerprint density at radius 1 is 1.12 bits per heavy atom. The van der Waals surface area contributed by atoms with Crippen LogP contribution in [0.1, 0.15) is 32.3 Å². The molecule has 3 atom stereocenters. The Labute approximate surface area is 145 Å². The number of ether oxygens (including phenoxy) is 1. The number of fused-ring (bicyclic) bond motifs is 5. The van der Waals surface area contributed by atoms with Crippen LogP contribution in [0.15, 0.2) is 36.4 Å². The molecule has 3 unspecified atom stereocenters. The van der Waals surface area contributed by atoms with E-state index in [0.29, 0.717) is 5.75 Å². The molecule has 1 saturated carbocycles. The summed E-state index contributed by atoms with van der Waals surface area (Å²) >= 11 is 0. The molecule has 5 nitrogen and oxygen atoms in total. The average molecular weight is 337 g/mol. The molecule has 0 saturated heterocycles. The second-order valence-electron chi connectivity index (χ2n) is 7.89. The van der Waals surface area contributed by atoms with Crippen LogP contribution in [0.4, 0.5) is 0 Å². The maximum Gasteiger partial charge on any atom is 0.328 e. The Balaban J connectivity index is 1.99. The minimum absolute atomic E-state index is 0.144. The number of rotatable bonds is 2. The summed E-state index contributed by atoms with van der Waals surface area (Å²) in [4.78, 5) is 37.9. The van der Waals surface area contributed by atoms with E-state index in [2.05, 4.69) is 0 Å². The highest BCUT2D eigenvalue weighted by molar-refractivity contribution is 6.17. The summed E-state index contributed by atoms with van der Waals surface area (Å²) in [5.74, 6) is -2.56. The molecule has 2 aliphatic rings. The lowest BCUT2D eigenvalue weighted by molar-refractivity contribution is -0.149. The zero-order chi connectivity index (χ0) is 18.1. The molecule has 1 aliphatic heterocycles. The summed E-state index contributed by atoms with van der Waals surface area (Å²) in [7, 11) is 0. The first-order chi connectivity index (χ1) is 11.7. The topological polar surface area (TPSA) is 86.5 Å². The maximum atomic E-state index is 13.0. The van der Waals surface area contributed by atoms with E-state index in [1.165, 1.54) is 0 Å². The van der Waals surface area contributed by atoms with Gasteiger partial charge in [0.2, 0.25) is 5.91 Å². The fourth-order valence-corrected chi connectivity index (χ4v) is 4.14. The number of hydrogen-bond acceptors (Lipinski definition) is 4. The van der Waals surface area contributed by atoms with Crippen molar-refractivity contribution in [2.24, 2.45) is 22.5 Å². The molecule has 25 heavy (non-hydrogen) atoms. The minimum atomic E-state index is -1.58. The van der Waals surface area contributed by atoms with Crippen LogP contribution in [0.5, 0.6) is 5.75 Å². The van der Waals surface area contributed by atoms with Gasteiger partial charge in [0.1, 0.15) is 11.5 Å². The van der Waals surface area contributed by atoms with Crippen molar-refractivity contribution in [3.8, 4) is 5.75 Å². The van der Waals surface area contributed by atoms with Crippen LogP contribution >= 0.6 is 0 Å². The molecule has 1 amide bonds. The normalized spacial score (nSPS) is 27.2. The summed E-state index contributed by atoms with van der Waals surface area (Å²) in [6.07, 6.45) is 0. The van der Waals surface area contributed by atoms with Gasteiger partial charge in [-0.1, -0.05) is 51.1 Å². The molecular weight excluding hydrogens is 318 g/mol. The van der Waals surface area contributed by atoms with Gasteiger partial charge in [0.15, 0.2) is 5.41 Å². The van der Waals surface area contributed by atoms with Gasteiger partial charge < -0.3 is 10.5 Å². The number of nitrogens with two attached hydrogens (primary N) is 1. The van der Waals surface area contributed by atoms with Crippen molar-refractivity contribution in [3.05, 3.63) is 42.0 Å². The van der Waals surface area contributed by atoms with Gasteiger partial charge in [0.05, 0.1) is 5.92 Å². The van der Waals surface area contributed by atoms with Crippen molar-refractivity contribution in [3.63, 3.8) is 0 Å². The summed E-state index contributed by atoms with van der Waals surface area (Å²) in [5.41, 5.74) is 4.08. The largest absolute Gasteiger partial charge is 0.425 e. The van der Waals surface area contributed by atoms with Crippen LogP contribution in [0.3, 0.4) is 0 Å². The van der Waals surface area contributed by atoms with Crippen molar-refractivity contribution in [2.45, 2.75) is 26.7 Å². The van der Waals surface area contributed by atoms with Crippen LogP contribution in [0.25, 0.3) is 10.8 Å². The van der Waals surface area contributed by atoms with E-state index in [0.717, 1.165) is 16.3 Å². The highest BCUT2D eigenvalue weighted by Crippen LogP contribution is 2.71. The van der Waals surface area contributed by atoms with Crippen molar-refractivity contribution < 1.29 is 19.1 Å². The lowest BCUT2D eigenvalue weighted by Crippen LogP contribution is -2.41. The first-order valence-electron chi connectivity index (χ1n) is 8.29. The molecule has 1 heterocycles. The van der Waals surface area contributed by atoms with Crippen LogP contribution in [-0.4, -0.2) is 17.7 Å². The number of carbonyl (C=O) groups excluding carboxylic acids is 3. The van der Waals surface area contributed by atoms with E-state index in [4.69, 9.17) is 10.5 Å². The Bertz CT molecular complexity index is 956. The SMILES string of the molecule is CC(C)(C)C(=O)C1C2c3c(ccc4ccccc34)OC(=O)C12C(N)=O. The van der Waals surface area contributed by atoms with E-state index >= 15 is 0 Å². The number of ketones is 1. The lowest BCUT2D eigenvalue weighted by atomic mass is 9.85. The quantitative estimate of drug-likeness (QED) is 0.518. The Morgan fingerprint density at radius 2 is 1.80 bits per heavy atom. The summed E-state index contributed by atoms with van der Waals surface area (Å²) in [5, 5.41) is 1.85. The van der Waals surface area contributed by atoms with Crippen molar-refractivity contribution in [2.75, 3.05) is 0 Å². The van der Waals surface area contributed by atoms with Gasteiger partial charge in [-0.15, -0.1) is 0 Å². The van der Waals surface area contributed by atoms with Gasteiger partial charge in [-0.2, -0.15) is 0 Å². The molecule has 2 aromatic rings. The number of benzene rings is 2. The van der Waals surface area contributed by atoms with E-state index in [9.17, 15) is 14.4 Å². The number of primary amides is 1. The number of esters is 1. The van der Waals surface area contributed by atoms with Crippen molar-refractivity contribution in [1.29, 1.82) is 0 Å². The number of Topliss-reactive ketones (excluding diaryl/α,β-unsaturated/α-hetero) is 1. The molecule has 4 rings (SSSR count). The molecule has 1 aliphatic carbocycles. The average Bonchev–Trinajstić information content (AvgIpc) is 3.24. The minimum Gasteiger partial charge on any atom is -0.425 e. The van der Waals surface area contributed by atoms with Crippen LogP contribution in [0.2, 0.25) is 0 Å². The summed E-state index contributed by atoms with van der Waals surface area (Å²) in [6.45, 7) is 5.34. The van der Waals surface area contributed by atoms with E-state index in [1.54, 1.807) is 26.8 Å². The Morgan fingerprint density at radius 3 is 2.44 bits per heavy atom. The van der Waals surface area contributed by atoms with Gasteiger partial charge in [-0.3, -0.25) is 14.4 Å². The van der Waals surface area contributed by atoms with Crippen molar-refractivity contribution in [1.82, 2.24) is 0 Å². The molecule has 0 bridgehead atoms.